The Morgan fingerprint density at radius 3 is 2.81 bits per heavy atom. The van der Waals surface area contributed by atoms with Gasteiger partial charge >= 0.3 is 0 Å². The van der Waals surface area contributed by atoms with Crippen LogP contribution >= 0.6 is 0 Å². The molecular weight excluding hydrogens is 202 g/mol. The number of aromatic nitrogens is 2. The van der Waals surface area contributed by atoms with Crippen molar-refractivity contribution < 1.29 is 4.52 Å². The molecule has 16 heavy (non-hydrogen) atoms. The monoisotopic (exact) mass is 223 g/mol. The van der Waals surface area contributed by atoms with E-state index in [1.807, 2.05) is 0 Å². The molecule has 1 atom stereocenters. The van der Waals surface area contributed by atoms with Crippen LogP contribution in [-0.4, -0.2) is 16.7 Å². The number of rotatable bonds is 4. The van der Waals surface area contributed by atoms with Crippen molar-refractivity contribution in [3.05, 3.63) is 11.7 Å². The Hall–Kier alpha value is -0.900. The normalized spacial score (nSPS) is 19.9. The smallest absolute Gasteiger partial charge is 0.229 e. The van der Waals surface area contributed by atoms with Gasteiger partial charge in [-0.3, -0.25) is 0 Å². The van der Waals surface area contributed by atoms with Gasteiger partial charge in [0, 0.05) is 11.8 Å². The molecule has 0 aromatic carbocycles. The lowest BCUT2D eigenvalue weighted by Gasteiger charge is -2.17. The lowest BCUT2D eigenvalue weighted by molar-refractivity contribution is 0.341. The Morgan fingerprint density at radius 2 is 2.12 bits per heavy atom. The topological polar surface area (TPSA) is 64.9 Å². The second-order valence-corrected chi connectivity index (χ2v) is 4.80. The Labute approximate surface area is 96.6 Å². The van der Waals surface area contributed by atoms with E-state index in [9.17, 15) is 0 Å². The molecule has 1 fully saturated rings. The third kappa shape index (κ3) is 2.61. The fourth-order valence-corrected chi connectivity index (χ4v) is 2.35. The first-order chi connectivity index (χ1) is 7.81. The van der Waals surface area contributed by atoms with Crippen molar-refractivity contribution in [1.82, 2.24) is 10.1 Å². The summed E-state index contributed by atoms with van der Waals surface area (Å²) in [5.74, 6) is 2.48. The van der Waals surface area contributed by atoms with E-state index in [0.29, 0.717) is 12.5 Å². The van der Waals surface area contributed by atoms with Crippen LogP contribution in [0.1, 0.15) is 69.0 Å². The van der Waals surface area contributed by atoms with Crippen molar-refractivity contribution >= 4 is 0 Å². The number of hydrogen-bond acceptors (Lipinski definition) is 4. The zero-order valence-corrected chi connectivity index (χ0v) is 9.98. The van der Waals surface area contributed by atoms with Crippen LogP contribution in [-0.2, 0) is 0 Å². The van der Waals surface area contributed by atoms with Gasteiger partial charge in [-0.15, -0.1) is 0 Å². The highest BCUT2D eigenvalue weighted by Gasteiger charge is 2.22. The molecule has 0 radical (unpaired) electrons. The molecule has 0 saturated heterocycles. The first kappa shape index (κ1) is 11.6. The quantitative estimate of drug-likeness (QED) is 0.852. The first-order valence-corrected chi connectivity index (χ1v) is 6.35. The minimum absolute atomic E-state index is 0.287. The van der Waals surface area contributed by atoms with Crippen LogP contribution in [0.2, 0.25) is 0 Å². The van der Waals surface area contributed by atoms with E-state index >= 15 is 0 Å². The van der Waals surface area contributed by atoms with Crippen LogP contribution in [0.15, 0.2) is 4.52 Å². The zero-order chi connectivity index (χ0) is 11.4. The van der Waals surface area contributed by atoms with Crippen molar-refractivity contribution in [3.8, 4) is 0 Å². The summed E-state index contributed by atoms with van der Waals surface area (Å²) in [6.07, 6.45) is 7.28. The largest absolute Gasteiger partial charge is 0.339 e. The van der Waals surface area contributed by atoms with Crippen molar-refractivity contribution in [2.75, 3.05) is 6.54 Å². The SMILES string of the molecule is CC(CCN)c1nc(C2CCCCC2)no1. The number of hydrogen-bond donors (Lipinski definition) is 1. The van der Waals surface area contributed by atoms with Crippen LogP contribution in [0.5, 0.6) is 0 Å². The average molecular weight is 223 g/mol. The average Bonchev–Trinajstić information content (AvgIpc) is 2.80. The highest BCUT2D eigenvalue weighted by atomic mass is 16.5. The zero-order valence-electron chi connectivity index (χ0n) is 9.98. The molecule has 1 aliphatic rings. The summed E-state index contributed by atoms with van der Waals surface area (Å²) < 4.78 is 5.32. The maximum atomic E-state index is 5.53. The van der Waals surface area contributed by atoms with Gasteiger partial charge < -0.3 is 10.3 Å². The van der Waals surface area contributed by atoms with Gasteiger partial charge in [0.05, 0.1) is 0 Å². The van der Waals surface area contributed by atoms with Crippen LogP contribution in [0.4, 0.5) is 0 Å². The Kier molecular flexibility index (Phi) is 3.93. The van der Waals surface area contributed by atoms with Crippen LogP contribution < -0.4 is 5.73 Å². The molecule has 0 spiro atoms. The molecular formula is C12H21N3O. The predicted octanol–water partition coefficient (Wildman–Crippen LogP) is 2.57. The third-order valence-electron chi connectivity index (χ3n) is 3.45. The fraction of sp³-hybridized carbons (Fsp3) is 0.833. The van der Waals surface area contributed by atoms with Gasteiger partial charge in [0.25, 0.3) is 0 Å². The first-order valence-electron chi connectivity index (χ1n) is 6.35. The van der Waals surface area contributed by atoms with Gasteiger partial charge in [-0.25, -0.2) is 0 Å². The molecule has 4 nitrogen and oxygen atoms in total. The van der Waals surface area contributed by atoms with E-state index in [2.05, 4.69) is 17.1 Å². The van der Waals surface area contributed by atoms with Gasteiger partial charge in [0.1, 0.15) is 0 Å². The third-order valence-corrected chi connectivity index (χ3v) is 3.45. The Bertz CT molecular complexity index is 318. The van der Waals surface area contributed by atoms with Gasteiger partial charge in [-0.05, 0) is 25.8 Å². The molecule has 1 aliphatic carbocycles. The van der Waals surface area contributed by atoms with E-state index < -0.39 is 0 Å². The summed E-state index contributed by atoms with van der Waals surface area (Å²) in [5, 5.41) is 4.12. The molecule has 1 aromatic heterocycles. The second-order valence-electron chi connectivity index (χ2n) is 4.80. The molecule has 1 saturated carbocycles. The number of nitrogens with two attached hydrogens (primary N) is 1. The molecule has 4 heteroatoms. The Morgan fingerprint density at radius 1 is 1.38 bits per heavy atom. The Balaban J connectivity index is 2.00. The lowest BCUT2D eigenvalue weighted by atomic mass is 9.89. The molecule has 1 unspecified atom stereocenters. The second kappa shape index (κ2) is 5.43. The summed E-state index contributed by atoms with van der Waals surface area (Å²) >= 11 is 0. The molecule has 1 aromatic rings. The van der Waals surface area contributed by atoms with E-state index in [-0.39, 0.29) is 5.92 Å². The van der Waals surface area contributed by atoms with E-state index in [1.54, 1.807) is 0 Å². The molecule has 0 bridgehead atoms. The van der Waals surface area contributed by atoms with Crippen molar-refractivity contribution in [2.24, 2.45) is 5.73 Å². The lowest BCUT2D eigenvalue weighted by Crippen LogP contribution is -2.07. The minimum Gasteiger partial charge on any atom is -0.339 e. The summed E-state index contributed by atoms with van der Waals surface area (Å²) in [6.45, 7) is 2.76. The van der Waals surface area contributed by atoms with Crippen LogP contribution in [0.3, 0.4) is 0 Å². The van der Waals surface area contributed by atoms with Gasteiger partial charge in [0.15, 0.2) is 5.82 Å². The molecule has 2 N–H and O–H groups in total. The van der Waals surface area contributed by atoms with Gasteiger partial charge in [-0.1, -0.05) is 31.3 Å². The standard InChI is InChI=1S/C12H21N3O/c1-9(7-8-13)12-14-11(15-16-12)10-5-3-2-4-6-10/h9-10H,2-8,13H2,1H3. The van der Waals surface area contributed by atoms with Crippen molar-refractivity contribution in [1.29, 1.82) is 0 Å². The maximum Gasteiger partial charge on any atom is 0.229 e. The highest BCUT2D eigenvalue weighted by Crippen LogP contribution is 2.31. The fourth-order valence-electron chi connectivity index (χ4n) is 2.35. The van der Waals surface area contributed by atoms with Crippen molar-refractivity contribution in [2.45, 2.75) is 57.3 Å². The number of nitrogens with zero attached hydrogens (tertiary/aromatic N) is 2. The molecule has 2 rings (SSSR count). The van der Waals surface area contributed by atoms with Crippen LogP contribution in [0.25, 0.3) is 0 Å². The highest BCUT2D eigenvalue weighted by molar-refractivity contribution is 4.99. The van der Waals surface area contributed by atoms with E-state index in [0.717, 1.165) is 18.1 Å². The van der Waals surface area contributed by atoms with Gasteiger partial charge in [0.2, 0.25) is 5.89 Å². The molecule has 90 valence electrons. The summed E-state index contributed by atoms with van der Waals surface area (Å²) in [5.41, 5.74) is 5.53. The van der Waals surface area contributed by atoms with E-state index in [1.165, 1.54) is 32.1 Å². The summed E-state index contributed by atoms with van der Waals surface area (Å²) in [6, 6.07) is 0. The van der Waals surface area contributed by atoms with Crippen molar-refractivity contribution in [3.63, 3.8) is 0 Å². The molecule has 0 amide bonds. The van der Waals surface area contributed by atoms with Crippen LogP contribution in [0, 0.1) is 0 Å². The molecule has 1 heterocycles. The molecule has 0 aliphatic heterocycles. The van der Waals surface area contributed by atoms with E-state index in [4.69, 9.17) is 10.3 Å². The summed E-state index contributed by atoms with van der Waals surface area (Å²) in [7, 11) is 0. The summed E-state index contributed by atoms with van der Waals surface area (Å²) in [4.78, 5) is 4.52. The predicted molar refractivity (Wildman–Crippen MR) is 62.2 cm³/mol. The minimum atomic E-state index is 0.287. The van der Waals surface area contributed by atoms with Gasteiger partial charge in [-0.2, -0.15) is 4.98 Å². The maximum absolute atomic E-state index is 5.53.